The fraction of sp³-hybridized carbons (Fsp3) is 0.292. The Morgan fingerprint density at radius 1 is 1.18 bits per heavy atom. The Kier molecular flexibility index (Phi) is 7.54. The molecule has 0 unspecified atom stereocenters. The number of nitrogens with one attached hydrogen (secondary N) is 1. The van der Waals surface area contributed by atoms with Gasteiger partial charge in [-0.1, -0.05) is 12.1 Å². The van der Waals surface area contributed by atoms with Gasteiger partial charge in [0.15, 0.2) is 11.5 Å². The summed E-state index contributed by atoms with van der Waals surface area (Å²) in [6.45, 7) is 4.32. The normalized spacial score (nSPS) is 11.0. The van der Waals surface area contributed by atoms with Crippen molar-refractivity contribution >= 4 is 34.2 Å². The van der Waals surface area contributed by atoms with Crippen LogP contribution in [0.3, 0.4) is 0 Å². The highest BCUT2D eigenvalue weighted by Crippen LogP contribution is 2.29. The molecule has 0 saturated heterocycles. The van der Waals surface area contributed by atoms with Crippen molar-refractivity contribution in [3.05, 3.63) is 64.6 Å². The Morgan fingerprint density at radius 3 is 2.85 bits per heavy atom. The number of amides is 1. The summed E-state index contributed by atoms with van der Waals surface area (Å²) in [5.74, 6) is 1.24. The summed E-state index contributed by atoms with van der Waals surface area (Å²) in [4.78, 5) is 21.9. The summed E-state index contributed by atoms with van der Waals surface area (Å²) in [5.41, 5.74) is 4.83. The molecule has 4 rings (SSSR count). The summed E-state index contributed by atoms with van der Waals surface area (Å²) in [7, 11) is 1.55. The third-order valence-electron chi connectivity index (χ3n) is 5.04. The fourth-order valence-corrected chi connectivity index (χ4v) is 3.97. The van der Waals surface area contributed by atoms with Crippen LogP contribution in [-0.4, -0.2) is 40.8 Å². The lowest BCUT2D eigenvalue weighted by molar-refractivity contribution is 0.102. The molecule has 0 saturated carbocycles. The van der Waals surface area contributed by atoms with Crippen molar-refractivity contribution in [2.24, 2.45) is 0 Å². The van der Waals surface area contributed by atoms with Crippen molar-refractivity contribution in [1.82, 2.24) is 14.5 Å². The number of rotatable bonds is 11. The Morgan fingerprint density at radius 2 is 2.06 bits per heavy atom. The van der Waals surface area contributed by atoms with Crippen LogP contribution in [-0.2, 0) is 17.9 Å². The average molecular weight is 467 g/mol. The largest absolute Gasteiger partial charge is 0.493 e. The number of benzene rings is 2. The standard InChI is InChI=1S/C24H26N4O4S/c1-3-31-12-6-11-28-20-8-5-4-7-19(20)26-24(28)27-23(29)17-9-10-21(22(13-17)30-2)32-14-18-15-33-16-25-18/h4-5,7-10,13,15-16H,3,6,11-12,14H2,1-2H3,(H,26,27,29). The Bertz CT molecular complexity index is 1210. The van der Waals surface area contributed by atoms with Crippen LogP contribution in [0.1, 0.15) is 29.4 Å². The lowest BCUT2D eigenvalue weighted by Crippen LogP contribution is -2.16. The number of methoxy groups -OCH3 is 1. The Labute approximate surface area is 196 Å². The highest BCUT2D eigenvalue weighted by Gasteiger charge is 2.16. The topological polar surface area (TPSA) is 87.5 Å². The quantitative estimate of drug-likeness (QED) is 0.321. The third kappa shape index (κ3) is 5.50. The molecule has 4 aromatic rings. The zero-order chi connectivity index (χ0) is 23.0. The second-order valence-corrected chi connectivity index (χ2v) is 7.93. The lowest BCUT2D eigenvalue weighted by Gasteiger charge is -2.13. The summed E-state index contributed by atoms with van der Waals surface area (Å²) in [6.07, 6.45) is 0.815. The second-order valence-electron chi connectivity index (χ2n) is 7.21. The molecule has 0 radical (unpaired) electrons. The van der Waals surface area contributed by atoms with Crippen molar-refractivity contribution in [2.45, 2.75) is 26.5 Å². The van der Waals surface area contributed by atoms with Crippen LogP contribution in [0, 0.1) is 0 Å². The molecule has 1 N–H and O–H groups in total. The van der Waals surface area contributed by atoms with Crippen LogP contribution in [0.15, 0.2) is 53.4 Å². The van der Waals surface area contributed by atoms with Gasteiger partial charge in [-0.2, -0.15) is 0 Å². The van der Waals surface area contributed by atoms with E-state index in [1.54, 1.807) is 30.8 Å². The number of para-hydroxylation sites is 2. The number of nitrogens with zero attached hydrogens (tertiary/aromatic N) is 3. The molecule has 0 atom stereocenters. The summed E-state index contributed by atoms with van der Waals surface area (Å²) in [6, 6.07) is 12.9. The molecule has 2 heterocycles. The maximum Gasteiger partial charge on any atom is 0.258 e. The number of imidazole rings is 1. The summed E-state index contributed by atoms with van der Waals surface area (Å²) < 4.78 is 18.7. The predicted molar refractivity (Wildman–Crippen MR) is 128 cm³/mol. The number of aryl methyl sites for hydroxylation is 1. The van der Waals surface area contributed by atoms with Gasteiger partial charge in [-0.15, -0.1) is 11.3 Å². The van der Waals surface area contributed by atoms with Crippen molar-refractivity contribution in [1.29, 1.82) is 0 Å². The van der Waals surface area contributed by atoms with E-state index < -0.39 is 0 Å². The molecular weight excluding hydrogens is 440 g/mol. The van der Waals surface area contributed by atoms with Gasteiger partial charge in [-0.3, -0.25) is 10.1 Å². The van der Waals surface area contributed by atoms with Gasteiger partial charge in [-0.25, -0.2) is 9.97 Å². The van der Waals surface area contributed by atoms with E-state index in [4.69, 9.17) is 14.2 Å². The monoisotopic (exact) mass is 466 g/mol. The van der Waals surface area contributed by atoms with Crippen molar-refractivity contribution in [3.8, 4) is 11.5 Å². The van der Waals surface area contributed by atoms with E-state index in [0.29, 0.717) is 49.4 Å². The molecule has 8 nitrogen and oxygen atoms in total. The zero-order valence-corrected chi connectivity index (χ0v) is 19.4. The van der Waals surface area contributed by atoms with E-state index >= 15 is 0 Å². The third-order valence-corrected chi connectivity index (χ3v) is 5.67. The number of aromatic nitrogens is 3. The molecule has 2 aromatic carbocycles. The van der Waals surface area contributed by atoms with Crippen molar-refractivity contribution < 1.29 is 19.0 Å². The van der Waals surface area contributed by atoms with E-state index in [1.807, 2.05) is 41.1 Å². The number of ether oxygens (including phenoxy) is 3. The Balaban J connectivity index is 1.51. The van der Waals surface area contributed by atoms with Gasteiger partial charge in [0.2, 0.25) is 5.95 Å². The maximum atomic E-state index is 13.0. The van der Waals surface area contributed by atoms with Gasteiger partial charge in [0, 0.05) is 30.7 Å². The number of fused-ring (bicyclic) bond motifs is 1. The SMILES string of the molecule is CCOCCCn1c(NC(=O)c2ccc(OCc3cscn3)c(OC)c2)nc2ccccc21. The molecule has 0 spiro atoms. The van der Waals surface area contributed by atoms with Crippen LogP contribution in [0.25, 0.3) is 11.0 Å². The van der Waals surface area contributed by atoms with Gasteiger partial charge >= 0.3 is 0 Å². The van der Waals surface area contributed by atoms with Crippen LogP contribution < -0.4 is 14.8 Å². The average Bonchev–Trinajstić information content (AvgIpc) is 3.48. The number of anilines is 1. The molecule has 172 valence electrons. The first-order valence-electron chi connectivity index (χ1n) is 10.7. The number of hydrogen-bond acceptors (Lipinski definition) is 7. The Hall–Kier alpha value is -3.43. The first-order chi connectivity index (χ1) is 16.2. The highest BCUT2D eigenvalue weighted by atomic mass is 32.1. The van der Waals surface area contributed by atoms with E-state index in [1.165, 1.54) is 11.3 Å². The van der Waals surface area contributed by atoms with Crippen molar-refractivity contribution in [2.75, 3.05) is 25.6 Å². The minimum absolute atomic E-state index is 0.277. The fourth-order valence-electron chi connectivity index (χ4n) is 3.43. The first-order valence-corrected chi connectivity index (χ1v) is 11.7. The molecule has 0 bridgehead atoms. The van der Waals surface area contributed by atoms with Crippen LogP contribution in [0.5, 0.6) is 11.5 Å². The number of carbonyl (C=O) groups excluding carboxylic acids is 1. The van der Waals surface area contributed by atoms with E-state index in [2.05, 4.69) is 15.3 Å². The van der Waals surface area contributed by atoms with E-state index in [0.717, 1.165) is 23.1 Å². The maximum absolute atomic E-state index is 13.0. The first kappa shape index (κ1) is 22.8. The number of carbonyl (C=O) groups is 1. The van der Waals surface area contributed by atoms with Gasteiger partial charge in [-0.05, 0) is 43.7 Å². The van der Waals surface area contributed by atoms with E-state index in [-0.39, 0.29) is 5.91 Å². The van der Waals surface area contributed by atoms with Gasteiger partial charge in [0.1, 0.15) is 6.61 Å². The molecule has 0 fully saturated rings. The molecule has 0 aliphatic rings. The molecule has 2 aromatic heterocycles. The molecule has 33 heavy (non-hydrogen) atoms. The molecule has 0 aliphatic carbocycles. The molecule has 9 heteroatoms. The van der Waals surface area contributed by atoms with Crippen LogP contribution in [0.4, 0.5) is 5.95 Å². The smallest absolute Gasteiger partial charge is 0.258 e. The molecule has 1 amide bonds. The summed E-state index contributed by atoms with van der Waals surface area (Å²) >= 11 is 1.51. The highest BCUT2D eigenvalue weighted by molar-refractivity contribution is 7.07. The second kappa shape index (κ2) is 10.9. The van der Waals surface area contributed by atoms with Gasteiger partial charge < -0.3 is 18.8 Å². The van der Waals surface area contributed by atoms with Crippen molar-refractivity contribution in [3.63, 3.8) is 0 Å². The predicted octanol–water partition coefficient (Wildman–Crippen LogP) is 4.76. The lowest BCUT2D eigenvalue weighted by atomic mass is 10.2. The van der Waals surface area contributed by atoms with Gasteiger partial charge in [0.05, 0.1) is 29.3 Å². The zero-order valence-electron chi connectivity index (χ0n) is 18.6. The number of thiazole rings is 1. The van der Waals surface area contributed by atoms with Gasteiger partial charge in [0.25, 0.3) is 5.91 Å². The summed E-state index contributed by atoms with van der Waals surface area (Å²) in [5, 5.41) is 4.87. The molecule has 0 aliphatic heterocycles. The van der Waals surface area contributed by atoms with E-state index in [9.17, 15) is 4.79 Å². The minimum atomic E-state index is -0.277. The number of hydrogen-bond donors (Lipinski definition) is 1. The minimum Gasteiger partial charge on any atom is -0.493 e. The van der Waals surface area contributed by atoms with Crippen LogP contribution in [0.2, 0.25) is 0 Å². The molecular formula is C24H26N4O4S. The van der Waals surface area contributed by atoms with Crippen LogP contribution >= 0.6 is 11.3 Å².